The molecule has 6 nitrogen and oxygen atoms in total. The molecule has 1 amide bonds. The number of anilines is 1. The first-order chi connectivity index (χ1) is 15.9. The maximum absolute atomic E-state index is 13.5. The van der Waals surface area contributed by atoms with Crippen molar-refractivity contribution in [2.75, 3.05) is 18.0 Å². The number of carbonyl (C=O) groups excluding carboxylic acids is 1. The number of likely N-dealkylation sites (tertiary alicyclic amines) is 1. The highest BCUT2D eigenvalue weighted by Crippen LogP contribution is 2.27. The lowest BCUT2D eigenvalue weighted by Gasteiger charge is -2.38. The number of halogens is 2. The van der Waals surface area contributed by atoms with Crippen LogP contribution < -0.4 is 4.90 Å². The first kappa shape index (κ1) is 22.5. The van der Waals surface area contributed by atoms with E-state index >= 15 is 0 Å². The summed E-state index contributed by atoms with van der Waals surface area (Å²) in [5.74, 6) is -1.05. The van der Waals surface area contributed by atoms with Gasteiger partial charge in [-0.2, -0.15) is 0 Å². The Kier molecular flexibility index (Phi) is 6.74. The number of nitro groups is 1. The second-order valence-electron chi connectivity index (χ2n) is 8.09. The average Bonchev–Trinajstić information content (AvgIpc) is 2.82. The summed E-state index contributed by atoms with van der Waals surface area (Å²) in [7, 11) is 0. The van der Waals surface area contributed by atoms with Crippen molar-refractivity contribution in [2.24, 2.45) is 0 Å². The maximum atomic E-state index is 13.5. The zero-order valence-corrected chi connectivity index (χ0v) is 17.9. The van der Waals surface area contributed by atoms with Gasteiger partial charge in [-0.1, -0.05) is 12.1 Å². The molecule has 33 heavy (non-hydrogen) atoms. The van der Waals surface area contributed by atoms with Gasteiger partial charge in [0.25, 0.3) is 11.6 Å². The van der Waals surface area contributed by atoms with E-state index in [4.69, 9.17) is 0 Å². The molecule has 4 rings (SSSR count). The minimum atomic E-state index is -0.419. The number of rotatable bonds is 6. The van der Waals surface area contributed by atoms with Crippen LogP contribution in [0.1, 0.15) is 28.8 Å². The molecule has 1 aliphatic heterocycles. The second kappa shape index (κ2) is 9.87. The molecular weight excluding hydrogens is 428 g/mol. The van der Waals surface area contributed by atoms with E-state index in [0.717, 1.165) is 18.7 Å². The Morgan fingerprint density at radius 1 is 0.909 bits per heavy atom. The predicted octanol–water partition coefficient (Wildman–Crippen LogP) is 5.18. The number of hydrogen-bond acceptors (Lipinski definition) is 4. The molecule has 3 aromatic rings. The largest absolute Gasteiger partial charge is 0.305 e. The Morgan fingerprint density at radius 2 is 1.45 bits per heavy atom. The molecule has 1 heterocycles. The molecule has 0 atom stereocenters. The van der Waals surface area contributed by atoms with Crippen molar-refractivity contribution in [3.8, 4) is 0 Å². The predicted molar refractivity (Wildman–Crippen MR) is 121 cm³/mol. The van der Waals surface area contributed by atoms with Crippen molar-refractivity contribution in [3.63, 3.8) is 0 Å². The molecule has 1 fully saturated rings. The van der Waals surface area contributed by atoms with E-state index in [0.29, 0.717) is 30.6 Å². The summed E-state index contributed by atoms with van der Waals surface area (Å²) in [5.41, 5.74) is 2.01. The lowest BCUT2D eigenvalue weighted by atomic mass is 10.00. The van der Waals surface area contributed by atoms with E-state index in [1.807, 2.05) is 0 Å². The number of nitrogens with zero attached hydrogens (tertiary/aromatic N) is 3. The Bertz CT molecular complexity index is 1110. The first-order valence-corrected chi connectivity index (χ1v) is 10.7. The van der Waals surface area contributed by atoms with Crippen molar-refractivity contribution >= 4 is 17.3 Å². The molecule has 0 aliphatic carbocycles. The SMILES string of the molecule is O=C(c1ccc(F)cc1)N(c1ccc(F)cc1)C1CCN(Cc2ccc([N+](=O)[O-])cc2)CC1. The summed E-state index contributed by atoms with van der Waals surface area (Å²) in [4.78, 5) is 27.7. The number of amides is 1. The van der Waals surface area contributed by atoms with Crippen LogP contribution in [0.2, 0.25) is 0 Å². The Labute approximate surface area is 190 Å². The van der Waals surface area contributed by atoms with Crippen molar-refractivity contribution in [1.82, 2.24) is 4.90 Å². The van der Waals surface area contributed by atoms with Crippen molar-refractivity contribution in [1.29, 1.82) is 0 Å². The third-order valence-electron chi connectivity index (χ3n) is 5.89. The Morgan fingerprint density at radius 3 is 2.00 bits per heavy atom. The van der Waals surface area contributed by atoms with Crippen molar-refractivity contribution < 1.29 is 18.5 Å². The quantitative estimate of drug-likeness (QED) is 0.382. The van der Waals surface area contributed by atoms with Crippen LogP contribution in [0.3, 0.4) is 0 Å². The molecule has 170 valence electrons. The van der Waals surface area contributed by atoms with Crippen molar-refractivity contribution in [3.05, 3.63) is 106 Å². The molecular formula is C25H23F2N3O3. The highest BCUT2D eigenvalue weighted by molar-refractivity contribution is 6.06. The van der Waals surface area contributed by atoms with Crippen LogP contribution in [0.4, 0.5) is 20.2 Å². The smallest absolute Gasteiger partial charge is 0.269 e. The molecule has 8 heteroatoms. The van der Waals surface area contributed by atoms with Gasteiger partial charge in [-0.25, -0.2) is 8.78 Å². The van der Waals surface area contributed by atoms with Gasteiger partial charge in [-0.3, -0.25) is 19.8 Å². The summed E-state index contributed by atoms with van der Waals surface area (Å²) >= 11 is 0. The fraction of sp³-hybridized carbons (Fsp3) is 0.240. The van der Waals surface area contributed by atoms with Crippen LogP contribution >= 0.6 is 0 Å². The van der Waals surface area contributed by atoms with Gasteiger partial charge in [0.2, 0.25) is 0 Å². The Balaban J connectivity index is 1.48. The van der Waals surface area contributed by atoms with Crippen LogP contribution in [0.25, 0.3) is 0 Å². The number of benzene rings is 3. The van der Waals surface area contributed by atoms with Crippen LogP contribution in [0.5, 0.6) is 0 Å². The standard InChI is InChI=1S/C25H23F2N3O3/c26-20-5-3-19(4-6-20)25(31)29(22-11-7-21(27)8-12-22)23-13-15-28(16-14-23)17-18-1-9-24(10-2-18)30(32)33/h1-12,23H,13-17H2. The van der Waals surface area contributed by atoms with E-state index in [9.17, 15) is 23.7 Å². The highest BCUT2D eigenvalue weighted by atomic mass is 19.1. The van der Waals surface area contributed by atoms with Gasteiger partial charge in [0.05, 0.1) is 4.92 Å². The molecule has 0 N–H and O–H groups in total. The third kappa shape index (κ3) is 5.40. The minimum Gasteiger partial charge on any atom is -0.305 e. The molecule has 0 aromatic heterocycles. The van der Waals surface area contributed by atoms with E-state index < -0.39 is 10.7 Å². The van der Waals surface area contributed by atoms with Gasteiger partial charge in [0, 0.05) is 49.1 Å². The monoisotopic (exact) mass is 451 g/mol. The van der Waals surface area contributed by atoms with Crippen LogP contribution in [0.15, 0.2) is 72.8 Å². The van der Waals surface area contributed by atoms with E-state index in [-0.39, 0.29) is 23.5 Å². The lowest BCUT2D eigenvalue weighted by molar-refractivity contribution is -0.384. The molecule has 0 radical (unpaired) electrons. The van der Waals surface area contributed by atoms with Crippen LogP contribution in [0, 0.1) is 21.7 Å². The van der Waals surface area contributed by atoms with Crippen LogP contribution in [-0.2, 0) is 6.54 Å². The van der Waals surface area contributed by atoms with Gasteiger partial charge in [-0.15, -0.1) is 0 Å². The maximum Gasteiger partial charge on any atom is 0.269 e. The number of hydrogen-bond donors (Lipinski definition) is 0. The summed E-state index contributed by atoms with van der Waals surface area (Å²) in [5, 5.41) is 10.8. The fourth-order valence-electron chi connectivity index (χ4n) is 4.14. The normalized spacial score (nSPS) is 14.7. The number of non-ortho nitro benzene ring substituents is 1. The van der Waals surface area contributed by atoms with Crippen molar-refractivity contribution in [2.45, 2.75) is 25.4 Å². The Hall–Kier alpha value is -3.65. The number of piperidine rings is 1. The van der Waals surface area contributed by atoms with Gasteiger partial charge < -0.3 is 4.90 Å². The topological polar surface area (TPSA) is 66.7 Å². The van der Waals surface area contributed by atoms with E-state index in [1.165, 1.54) is 48.5 Å². The summed E-state index contributed by atoms with van der Waals surface area (Å²) in [6, 6.07) is 17.6. The fourth-order valence-corrected chi connectivity index (χ4v) is 4.14. The summed E-state index contributed by atoms with van der Waals surface area (Å²) < 4.78 is 26.9. The summed E-state index contributed by atoms with van der Waals surface area (Å²) in [6.07, 6.45) is 1.41. The zero-order chi connectivity index (χ0) is 23.4. The zero-order valence-electron chi connectivity index (χ0n) is 17.9. The van der Waals surface area contributed by atoms with Crippen LogP contribution in [-0.4, -0.2) is 34.9 Å². The third-order valence-corrected chi connectivity index (χ3v) is 5.89. The molecule has 0 bridgehead atoms. The molecule has 3 aromatic carbocycles. The molecule has 1 aliphatic rings. The average molecular weight is 451 g/mol. The van der Waals surface area contributed by atoms with Gasteiger partial charge in [-0.05, 0) is 66.9 Å². The number of nitro benzene ring substituents is 1. The van der Waals surface area contributed by atoms with E-state index in [1.54, 1.807) is 29.2 Å². The van der Waals surface area contributed by atoms with E-state index in [2.05, 4.69) is 4.90 Å². The first-order valence-electron chi connectivity index (χ1n) is 10.7. The summed E-state index contributed by atoms with van der Waals surface area (Å²) in [6.45, 7) is 2.12. The molecule has 0 spiro atoms. The minimum absolute atomic E-state index is 0.0618. The molecule has 1 saturated heterocycles. The highest BCUT2D eigenvalue weighted by Gasteiger charge is 2.30. The van der Waals surface area contributed by atoms with Gasteiger partial charge >= 0.3 is 0 Å². The lowest BCUT2D eigenvalue weighted by Crippen LogP contribution is -2.47. The second-order valence-corrected chi connectivity index (χ2v) is 8.09. The molecule has 0 saturated carbocycles. The number of carbonyl (C=O) groups is 1. The molecule has 0 unspecified atom stereocenters. The van der Waals surface area contributed by atoms with Gasteiger partial charge in [0.15, 0.2) is 0 Å². The van der Waals surface area contributed by atoms with Gasteiger partial charge in [0.1, 0.15) is 11.6 Å².